The van der Waals surface area contributed by atoms with E-state index in [1.165, 1.54) is 0 Å². The number of carbonyl (C=O) groups is 2. The molecule has 0 radical (unpaired) electrons. The first-order chi connectivity index (χ1) is 12.1. The van der Waals surface area contributed by atoms with E-state index in [2.05, 4.69) is 4.99 Å². The first-order valence-corrected chi connectivity index (χ1v) is 8.89. The molecule has 25 heavy (non-hydrogen) atoms. The molecule has 1 unspecified atom stereocenters. The fourth-order valence-electron chi connectivity index (χ4n) is 2.55. The third-order valence-corrected chi connectivity index (χ3v) is 5.04. The van der Waals surface area contributed by atoms with Crippen LogP contribution in [-0.4, -0.2) is 38.8 Å². The molecule has 0 aromatic heterocycles. The second-order valence-electron chi connectivity index (χ2n) is 5.66. The molecule has 1 amide bonds. The van der Waals surface area contributed by atoms with Crippen LogP contribution in [0.15, 0.2) is 65.7 Å². The lowest BCUT2D eigenvalue weighted by Gasteiger charge is -2.30. The lowest BCUT2D eigenvalue weighted by molar-refractivity contribution is -0.139. The van der Waals surface area contributed by atoms with Gasteiger partial charge in [0.25, 0.3) is 0 Å². The van der Waals surface area contributed by atoms with Crippen molar-refractivity contribution in [3.05, 3.63) is 66.2 Å². The van der Waals surface area contributed by atoms with Crippen LogP contribution in [0.4, 0.5) is 5.69 Å². The molecule has 5 nitrogen and oxygen atoms in total. The second kappa shape index (κ2) is 7.98. The number of amidine groups is 1. The van der Waals surface area contributed by atoms with E-state index in [9.17, 15) is 14.7 Å². The second-order valence-corrected chi connectivity index (χ2v) is 6.83. The van der Waals surface area contributed by atoms with E-state index in [1.54, 1.807) is 4.90 Å². The summed E-state index contributed by atoms with van der Waals surface area (Å²) in [6, 6.07) is 19.2. The molecule has 2 aromatic rings. The highest BCUT2D eigenvalue weighted by Gasteiger charge is 2.35. The molecule has 128 valence electrons. The quantitative estimate of drug-likeness (QED) is 0.894. The van der Waals surface area contributed by atoms with Gasteiger partial charge in [0, 0.05) is 6.54 Å². The Balaban J connectivity index is 1.83. The van der Waals surface area contributed by atoms with E-state index in [-0.39, 0.29) is 12.3 Å². The summed E-state index contributed by atoms with van der Waals surface area (Å²) in [4.78, 5) is 30.0. The molecule has 3 rings (SSSR count). The van der Waals surface area contributed by atoms with Gasteiger partial charge in [-0.05, 0) is 24.1 Å². The SMILES string of the molecule is O=C(O)C1CC(=O)N(CCc2ccccc2)C(=Nc2ccccc2)S1. The molecule has 1 aliphatic rings. The smallest absolute Gasteiger partial charge is 0.317 e. The molecule has 2 aromatic carbocycles. The van der Waals surface area contributed by atoms with Gasteiger partial charge in [-0.1, -0.05) is 60.3 Å². The Morgan fingerprint density at radius 1 is 1.12 bits per heavy atom. The summed E-state index contributed by atoms with van der Waals surface area (Å²) in [5.74, 6) is -1.18. The molecule has 0 bridgehead atoms. The summed E-state index contributed by atoms with van der Waals surface area (Å²) in [6.45, 7) is 0.480. The van der Waals surface area contributed by atoms with Gasteiger partial charge < -0.3 is 5.11 Å². The molecule has 1 atom stereocenters. The number of thioether (sulfide) groups is 1. The number of hydrogen-bond acceptors (Lipinski definition) is 4. The van der Waals surface area contributed by atoms with Crippen LogP contribution in [0.2, 0.25) is 0 Å². The monoisotopic (exact) mass is 354 g/mol. The maximum atomic E-state index is 12.5. The minimum absolute atomic E-state index is 0.0113. The van der Waals surface area contributed by atoms with Gasteiger partial charge in [-0.2, -0.15) is 0 Å². The van der Waals surface area contributed by atoms with Crippen molar-refractivity contribution in [2.45, 2.75) is 18.1 Å². The Hall–Kier alpha value is -2.60. The Kier molecular flexibility index (Phi) is 5.50. The average Bonchev–Trinajstić information content (AvgIpc) is 2.62. The standard InChI is InChI=1S/C19H18N2O3S/c22-17-13-16(18(23)24)25-19(20-15-9-5-2-6-10-15)21(17)12-11-14-7-3-1-4-8-14/h1-10,16H,11-13H2,(H,23,24). The summed E-state index contributed by atoms with van der Waals surface area (Å²) in [5.41, 5.74) is 1.83. The highest BCUT2D eigenvalue weighted by atomic mass is 32.2. The summed E-state index contributed by atoms with van der Waals surface area (Å²) < 4.78 is 0. The Labute approximate surface area is 150 Å². The fraction of sp³-hybridized carbons (Fsp3) is 0.211. The third kappa shape index (κ3) is 4.48. The van der Waals surface area contributed by atoms with Gasteiger partial charge in [0.15, 0.2) is 5.17 Å². The maximum absolute atomic E-state index is 12.5. The highest BCUT2D eigenvalue weighted by molar-refractivity contribution is 8.15. The molecule has 0 spiro atoms. The number of carbonyl (C=O) groups excluding carboxylic acids is 1. The number of aliphatic carboxylic acids is 1. The lowest BCUT2D eigenvalue weighted by atomic mass is 10.1. The molecule has 1 aliphatic heterocycles. The van der Waals surface area contributed by atoms with Crippen LogP contribution in [0, 0.1) is 0 Å². The fourth-order valence-corrected chi connectivity index (χ4v) is 3.61. The van der Waals surface area contributed by atoms with Gasteiger partial charge in [-0.15, -0.1) is 0 Å². The summed E-state index contributed by atoms with van der Waals surface area (Å²) in [6.07, 6.45) is 0.682. The van der Waals surface area contributed by atoms with Gasteiger partial charge in [-0.3, -0.25) is 14.5 Å². The minimum Gasteiger partial charge on any atom is -0.480 e. The summed E-state index contributed by atoms with van der Waals surface area (Å²) >= 11 is 1.14. The van der Waals surface area contributed by atoms with Crippen LogP contribution in [0.3, 0.4) is 0 Å². The van der Waals surface area contributed by atoms with Gasteiger partial charge >= 0.3 is 5.97 Å². The predicted octanol–water partition coefficient (Wildman–Crippen LogP) is 3.34. The first kappa shape index (κ1) is 17.2. The highest BCUT2D eigenvalue weighted by Crippen LogP contribution is 2.29. The maximum Gasteiger partial charge on any atom is 0.317 e. The number of carboxylic acid groups (broad SMARTS) is 1. The van der Waals surface area contributed by atoms with E-state index in [1.807, 2.05) is 60.7 Å². The average molecular weight is 354 g/mol. The molecule has 1 N–H and O–H groups in total. The number of amides is 1. The zero-order valence-corrected chi connectivity index (χ0v) is 14.4. The van der Waals surface area contributed by atoms with Crippen molar-refractivity contribution in [2.24, 2.45) is 4.99 Å². The minimum atomic E-state index is -0.984. The number of carboxylic acids is 1. The van der Waals surface area contributed by atoms with Crippen molar-refractivity contribution in [1.82, 2.24) is 4.90 Å². The van der Waals surface area contributed by atoms with Crippen LogP contribution in [0.25, 0.3) is 0 Å². The van der Waals surface area contributed by atoms with E-state index in [0.29, 0.717) is 23.8 Å². The van der Waals surface area contributed by atoms with Crippen molar-refractivity contribution in [3.8, 4) is 0 Å². The predicted molar refractivity (Wildman–Crippen MR) is 99.0 cm³/mol. The lowest BCUT2D eigenvalue weighted by Crippen LogP contribution is -2.44. The number of hydrogen-bond donors (Lipinski definition) is 1. The molecular weight excluding hydrogens is 336 g/mol. The summed E-state index contributed by atoms with van der Waals surface area (Å²) in [5, 5.41) is 8.95. The summed E-state index contributed by atoms with van der Waals surface area (Å²) in [7, 11) is 0. The van der Waals surface area contributed by atoms with Crippen LogP contribution in [0.5, 0.6) is 0 Å². The topological polar surface area (TPSA) is 70.0 Å². The number of benzene rings is 2. The first-order valence-electron chi connectivity index (χ1n) is 8.01. The number of para-hydroxylation sites is 1. The Morgan fingerprint density at radius 2 is 1.76 bits per heavy atom. The van der Waals surface area contributed by atoms with Crippen molar-refractivity contribution in [1.29, 1.82) is 0 Å². The van der Waals surface area contributed by atoms with Gasteiger partial charge in [-0.25, -0.2) is 4.99 Å². The largest absolute Gasteiger partial charge is 0.480 e. The number of nitrogens with zero attached hydrogens (tertiary/aromatic N) is 2. The van der Waals surface area contributed by atoms with E-state index in [4.69, 9.17) is 0 Å². The molecule has 0 aliphatic carbocycles. The van der Waals surface area contributed by atoms with Crippen LogP contribution < -0.4 is 0 Å². The van der Waals surface area contributed by atoms with Gasteiger partial charge in [0.2, 0.25) is 5.91 Å². The van der Waals surface area contributed by atoms with Crippen LogP contribution >= 0.6 is 11.8 Å². The van der Waals surface area contributed by atoms with Gasteiger partial charge in [0.1, 0.15) is 5.25 Å². The number of rotatable bonds is 5. The zero-order chi connectivity index (χ0) is 17.6. The normalized spacial score (nSPS) is 19.2. The van der Waals surface area contributed by atoms with Crippen molar-refractivity contribution < 1.29 is 14.7 Å². The zero-order valence-electron chi connectivity index (χ0n) is 13.5. The molecular formula is C19H18N2O3S. The molecule has 1 fully saturated rings. The van der Waals surface area contributed by atoms with Crippen molar-refractivity contribution in [2.75, 3.05) is 6.54 Å². The molecule has 0 saturated carbocycles. The Bertz CT molecular complexity index is 778. The van der Waals surface area contributed by atoms with E-state index >= 15 is 0 Å². The van der Waals surface area contributed by atoms with Crippen LogP contribution in [-0.2, 0) is 16.0 Å². The molecule has 1 saturated heterocycles. The van der Waals surface area contributed by atoms with Crippen LogP contribution in [0.1, 0.15) is 12.0 Å². The Morgan fingerprint density at radius 3 is 2.40 bits per heavy atom. The van der Waals surface area contributed by atoms with E-state index < -0.39 is 11.2 Å². The number of aliphatic imine (C=N–C) groups is 1. The van der Waals surface area contributed by atoms with Crippen molar-refractivity contribution in [3.63, 3.8) is 0 Å². The third-order valence-electron chi connectivity index (χ3n) is 3.86. The van der Waals surface area contributed by atoms with Crippen molar-refractivity contribution >= 4 is 34.5 Å². The molecule has 1 heterocycles. The molecule has 6 heteroatoms. The van der Waals surface area contributed by atoms with Gasteiger partial charge in [0.05, 0.1) is 12.1 Å². The van der Waals surface area contributed by atoms with E-state index in [0.717, 1.165) is 17.3 Å².